The predicted molar refractivity (Wildman–Crippen MR) is 103 cm³/mol. The van der Waals surface area contributed by atoms with Crippen molar-refractivity contribution >= 4 is 11.6 Å². The van der Waals surface area contributed by atoms with Crippen molar-refractivity contribution in [2.24, 2.45) is 5.92 Å². The highest BCUT2D eigenvalue weighted by atomic mass is 35.5. The molecule has 0 spiro atoms. The van der Waals surface area contributed by atoms with Crippen LogP contribution in [0.1, 0.15) is 22.3 Å². The molecular formula is C21H23ClF2O5. The summed E-state index contributed by atoms with van der Waals surface area (Å²) in [7, 11) is 0. The number of aryl methyl sites for hydroxylation is 1. The summed E-state index contributed by atoms with van der Waals surface area (Å²) in [5, 5.41) is 50.7. The lowest BCUT2D eigenvalue weighted by Gasteiger charge is -2.51. The van der Waals surface area contributed by atoms with Gasteiger partial charge in [-0.2, -0.15) is 0 Å². The lowest BCUT2D eigenvalue weighted by atomic mass is 9.66. The Hall–Kier alpha value is -1.61. The van der Waals surface area contributed by atoms with Crippen molar-refractivity contribution in [1.29, 1.82) is 0 Å². The molecule has 0 saturated heterocycles. The second kappa shape index (κ2) is 7.91. The SMILES string of the molecule is Cc1ccc(Cc2cc([C@]3(O)[C@H](O)[C@@H](O)[C@H](O)[C@@H](CO)C3(F)F)ccc2Cl)cc1. The zero-order valence-electron chi connectivity index (χ0n) is 15.6. The van der Waals surface area contributed by atoms with Crippen molar-refractivity contribution in [3.8, 4) is 0 Å². The van der Waals surface area contributed by atoms with E-state index in [1.54, 1.807) is 0 Å². The van der Waals surface area contributed by atoms with Gasteiger partial charge in [-0.15, -0.1) is 0 Å². The van der Waals surface area contributed by atoms with Gasteiger partial charge in [-0.05, 0) is 36.1 Å². The fourth-order valence-corrected chi connectivity index (χ4v) is 4.01. The van der Waals surface area contributed by atoms with Crippen LogP contribution in [0.15, 0.2) is 42.5 Å². The fraction of sp³-hybridized carbons (Fsp3) is 0.429. The van der Waals surface area contributed by atoms with Crippen LogP contribution >= 0.6 is 11.6 Å². The van der Waals surface area contributed by atoms with Crippen molar-refractivity contribution < 1.29 is 34.3 Å². The first kappa shape index (κ1) is 22.1. The van der Waals surface area contributed by atoms with E-state index < -0.39 is 42.4 Å². The Kier molecular flexibility index (Phi) is 6.02. The maximum atomic E-state index is 15.1. The van der Waals surface area contributed by atoms with E-state index in [1.165, 1.54) is 12.1 Å². The molecule has 5 atom stereocenters. The Labute approximate surface area is 171 Å². The van der Waals surface area contributed by atoms with Gasteiger partial charge in [-0.25, -0.2) is 8.78 Å². The van der Waals surface area contributed by atoms with Crippen molar-refractivity contribution in [3.63, 3.8) is 0 Å². The van der Waals surface area contributed by atoms with E-state index in [0.29, 0.717) is 12.0 Å². The van der Waals surface area contributed by atoms with E-state index in [4.69, 9.17) is 11.6 Å². The topological polar surface area (TPSA) is 101 Å². The average molecular weight is 429 g/mol. The van der Waals surface area contributed by atoms with E-state index >= 15 is 8.78 Å². The maximum absolute atomic E-state index is 15.1. The highest BCUT2D eigenvalue weighted by molar-refractivity contribution is 6.31. The summed E-state index contributed by atoms with van der Waals surface area (Å²) >= 11 is 6.22. The van der Waals surface area contributed by atoms with Gasteiger partial charge in [0.2, 0.25) is 0 Å². The maximum Gasteiger partial charge on any atom is 0.290 e. The van der Waals surface area contributed by atoms with Gasteiger partial charge in [0.05, 0.1) is 18.6 Å². The van der Waals surface area contributed by atoms with Crippen LogP contribution in [-0.2, 0) is 12.0 Å². The molecule has 0 radical (unpaired) electrons. The number of alkyl halides is 2. The quantitative estimate of drug-likeness (QED) is 0.511. The molecule has 1 fully saturated rings. The van der Waals surface area contributed by atoms with Crippen LogP contribution in [0.3, 0.4) is 0 Å². The van der Waals surface area contributed by atoms with Crippen molar-refractivity contribution in [2.45, 2.75) is 43.2 Å². The number of halogens is 3. The van der Waals surface area contributed by atoms with Crippen molar-refractivity contribution in [3.05, 3.63) is 69.7 Å². The van der Waals surface area contributed by atoms with Crippen LogP contribution in [0, 0.1) is 12.8 Å². The van der Waals surface area contributed by atoms with Crippen LogP contribution in [-0.4, -0.2) is 56.4 Å². The molecule has 29 heavy (non-hydrogen) atoms. The number of benzene rings is 2. The minimum atomic E-state index is -4.13. The molecule has 2 aromatic rings. The molecule has 1 aliphatic rings. The second-order valence-electron chi connectivity index (χ2n) is 7.57. The van der Waals surface area contributed by atoms with Gasteiger partial charge in [-0.1, -0.05) is 53.6 Å². The minimum absolute atomic E-state index is 0.283. The zero-order valence-corrected chi connectivity index (χ0v) is 16.4. The van der Waals surface area contributed by atoms with E-state index in [1.807, 2.05) is 31.2 Å². The third-order valence-corrected chi connectivity index (χ3v) is 6.05. The first-order valence-corrected chi connectivity index (χ1v) is 9.51. The summed E-state index contributed by atoms with van der Waals surface area (Å²) in [6.07, 6.45) is -6.28. The standard InChI is InChI=1S/C21H23ClF2O5/c1-11-2-4-12(5-3-11)8-13-9-14(6-7-16(13)22)20(29)19(28)18(27)17(26)15(10-25)21(20,23)24/h2-7,9,15,17-19,25-29H,8,10H2,1H3/t15-,17-,18+,19-,20+/m1/s1. The molecule has 0 heterocycles. The first-order chi connectivity index (χ1) is 13.5. The van der Waals surface area contributed by atoms with Gasteiger partial charge in [0.1, 0.15) is 12.2 Å². The summed E-state index contributed by atoms with van der Waals surface area (Å²) < 4.78 is 30.2. The number of aliphatic hydroxyl groups is 5. The Bertz CT molecular complexity index is 876. The normalized spacial score (nSPS) is 31.6. The number of rotatable bonds is 4. The molecule has 3 rings (SSSR count). The summed E-state index contributed by atoms with van der Waals surface area (Å²) in [5.41, 5.74) is -1.25. The van der Waals surface area contributed by atoms with Crippen LogP contribution < -0.4 is 0 Å². The molecule has 0 amide bonds. The smallest absolute Gasteiger partial charge is 0.290 e. The minimum Gasteiger partial charge on any atom is -0.396 e. The third-order valence-electron chi connectivity index (χ3n) is 5.69. The zero-order chi connectivity index (χ0) is 21.6. The number of aliphatic hydroxyl groups excluding tert-OH is 4. The summed E-state index contributed by atoms with van der Waals surface area (Å²) in [5.74, 6) is -6.29. The van der Waals surface area contributed by atoms with Crippen molar-refractivity contribution in [1.82, 2.24) is 0 Å². The monoisotopic (exact) mass is 428 g/mol. The molecule has 1 aliphatic carbocycles. The predicted octanol–water partition coefficient (Wildman–Crippen LogP) is 1.77. The molecule has 158 valence electrons. The van der Waals surface area contributed by atoms with Crippen LogP contribution in [0.5, 0.6) is 0 Å². The Morgan fingerprint density at radius 1 is 1.00 bits per heavy atom. The van der Waals surface area contributed by atoms with E-state index in [9.17, 15) is 25.5 Å². The summed E-state index contributed by atoms with van der Waals surface area (Å²) in [6.45, 7) is 0.737. The van der Waals surface area contributed by atoms with E-state index in [-0.39, 0.29) is 10.6 Å². The van der Waals surface area contributed by atoms with E-state index in [2.05, 4.69) is 0 Å². The molecule has 0 aliphatic heterocycles. The number of hydrogen-bond acceptors (Lipinski definition) is 5. The Balaban J connectivity index is 2.07. The summed E-state index contributed by atoms with van der Waals surface area (Å²) in [4.78, 5) is 0. The van der Waals surface area contributed by atoms with Crippen molar-refractivity contribution in [2.75, 3.05) is 6.61 Å². The van der Waals surface area contributed by atoms with Crippen LogP contribution in [0.4, 0.5) is 8.78 Å². The highest BCUT2D eigenvalue weighted by Gasteiger charge is 2.70. The lowest BCUT2D eigenvalue weighted by Crippen LogP contribution is -2.70. The fourth-order valence-electron chi connectivity index (χ4n) is 3.83. The highest BCUT2D eigenvalue weighted by Crippen LogP contribution is 2.51. The van der Waals surface area contributed by atoms with E-state index in [0.717, 1.165) is 17.2 Å². The average Bonchev–Trinajstić information content (AvgIpc) is 2.68. The summed E-state index contributed by atoms with van der Waals surface area (Å²) in [6, 6.07) is 11.2. The van der Waals surface area contributed by atoms with Gasteiger partial charge in [0.15, 0.2) is 5.60 Å². The molecule has 0 bridgehead atoms. The Morgan fingerprint density at radius 2 is 1.62 bits per heavy atom. The molecule has 8 heteroatoms. The second-order valence-corrected chi connectivity index (χ2v) is 7.98. The lowest BCUT2D eigenvalue weighted by molar-refractivity contribution is -0.328. The molecule has 2 aromatic carbocycles. The van der Waals surface area contributed by atoms with Gasteiger partial charge in [0.25, 0.3) is 5.92 Å². The number of hydrogen-bond donors (Lipinski definition) is 5. The Morgan fingerprint density at radius 3 is 2.21 bits per heavy atom. The van der Waals surface area contributed by atoms with Gasteiger partial charge in [-0.3, -0.25) is 0 Å². The van der Waals surface area contributed by atoms with Gasteiger partial charge >= 0.3 is 0 Å². The molecule has 5 nitrogen and oxygen atoms in total. The van der Waals surface area contributed by atoms with Gasteiger partial charge in [0, 0.05) is 5.02 Å². The van der Waals surface area contributed by atoms with Crippen LogP contribution in [0.25, 0.3) is 0 Å². The molecule has 5 N–H and O–H groups in total. The molecule has 1 saturated carbocycles. The molecule has 0 aromatic heterocycles. The third kappa shape index (κ3) is 3.56. The van der Waals surface area contributed by atoms with Gasteiger partial charge < -0.3 is 25.5 Å². The molecular weight excluding hydrogens is 406 g/mol. The van der Waals surface area contributed by atoms with Crippen LogP contribution in [0.2, 0.25) is 5.02 Å². The molecule has 0 unspecified atom stereocenters. The largest absolute Gasteiger partial charge is 0.396 e. The first-order valence-electron chi connectivity index (χ1n) is 9.13.